The molecule has 5 nitrogen and oxygen atoms in total. The Hall–Kier alpha value is -1.89. The van der Waals surface area contributed by atoms with Gasteiger partial charge in [0, 0.05) is 28.3 Å². The topological polar surface area (TPSA) is 58.6 Å². The maximum absolute atomic E-state index is 12.4. The number of halogens is 2. The van der Waals surface area contributed by atoms with Crippen molar-refractivity contribution in [3.8, 4) is 0 Å². The van der Waals surface area contributed by atoms with E-state index in [1.54, 1.807) is 63.4 Å². The van der Waals surface area contributed by atoms with Gasteiger partial charge in [-0.25, -0.2) is 4.79 Å². The number of anilines is 2. The van der Waals surface area contributed by atoms with Crippen molar-refractivity contribution in [1.29, 1.82) is 0 Å². The Morgan fingerprint density at radius 2 is 1.85 bits per heavy atom. The molecule has 0 aliphatic rings. The molecule has 2 aromatic carbocycles. The molecule has 8 heteroatoms. The summed E-state index contributed by atoms with van der Waals surface area (Å²) in [7, 11) is 1.62. The molecule has 2 amide bonds. The Morgan fingerprint density at radius 3 is 2.48 bits per heavy atom. The first kappa shape index (κ1) is 21.4. The van der Waals surface area contributed by atoms with E-state index in [0.717, 1.165) is 4.90 Å². The molecule has 27 heavy (non-hydrogen) atoms. The third kappa shape index (κ3) is 6.06. The van der Waals surface area contributed by atoms with E-state index in [1.165, 1.54) is 16.7 Å². The highest BCUT2D eigenvalue weighted by Gasteiger charge is 2.17. The van der Waals surface area contributed by atoms with Gasteiger partial charge in [-0.2, -0.15) is 0 Å². The molecule has 1 N–H and O–H groups in total. The number of ether oxygens (including phenoxy) is 1. The highest BCUT2D eigenvalue weighted by molar-refractivity contribution is 8.00. The van der Waals surface area contributed by atoms with E-state index >= 15 is 0 Å². The van der Waals surface area contributed by atoms with E-state index in [9.17, 15) is 9.59 Å². The summed E-state index contributed by atoms with van der Waals surface area (Å²) in [5.41, 5.74) is 1.30. The van der Waals surface area contributed by atoms with Crippen LogP contribution in [0, 0.1) is 0 Å². The van der Waals surface area contributed by atoms with Crippen LogP contribution in [0.4, 0.5) is 16.2 Å². The second-order valence-electron chi connectivity index (χ2n) is 5.63. The molecular weight excluding hydrogens is 407 g/mol. The molecule has 0 fully saturated rings. The molecule has 0 spiro atoms. The number of hydrogen-bond acceptors (Lipinski definition) is 4. The SMILES string of the molecule is CCOC(=O)N(C)c1ccc(NC(=O)C(C)Sc2cc(Cl)ccc2Cl)cc1. The molecular formula is C19H20Cl2N2O3S. The minimum absolute atomic E-state index is 0.164. The van der Waals surface area contributed by atoms with Crippen LogP contribution in [0.2, 0.25) is 10.0 Å². The van der Waals surface area contributed by atoms with Gasteiger partial charge in [-0.3, -0.25) is 9.69 Å². The number of carbonyl (C=O) groups excluding carboxylic acids is 2. The van der Waals surface area contributed by atoms with Gasteiger partial charge in [-0.15, -0.1) is 11.8 Å². The van der Waals surface area contributed by atoms with Crippen LogP contribution >= 0.6 is 35.0 Å². The number of benzene rings is 2. The monoisotopic (exact) mass is 426 g/mol. The van der Waals surface area contributed by atoms with Crippen LogP contribution < -0.4 is 10.2 Å². The van der Waals surface area contributed by atoms with Gasteiger partial charge in [0.15, 0.2) is 0 Å². The standard InChI is InChI=1S/C19H20Cl2N2O3S/c1-4-26-19(25)23(3)15-8-6-14(7-9-15)22-18(24)12(2)27-17-11-13(20)5-10-16(17)21/h5-12H,4H2,1-3H3,(H,22,24). The fourth-order valence-corrected chi connectivity index (χ4v) is 3.56. The molecule has 0 heterocycles. The highest BCUT2D eigenvalue weighted by Crippen LogP contribution is 2.33. The van der Waals surface area contributed by atoms with Gasteiger partial charge in [-0.1, -0.05) is 23.2 Å². The molecule has 0 saturated carbocycles. The molecule has 0 aliphatic heterocycles. The van der Waals surface area contributed by atoms with Crippen molar-refractivity contribution in [2.24, 2.45) is 0 Å². The first-order valence-corrected chi connectivity index (χ1v) is 9.88. The summed E-state index contributed by atoms with van der Waals surface area (Å²) < 4.78 is 4.95. The molecule has 0 saturated heterocycles. The van der Waals surface area contributed by atoms with Crippen LogP contribution in [-0.4, -0.2) is 30.9 Å². The maximum Gasteiger partial charge on any atom is 0.413 e. The fourth-order valence-electron chi connectivity index (χ4n) is 2.15. The van der Waals surface area contributed by atoms with Gasteiger partial charge in [0.25, 0.3) is 0 Å². The zero-order valence-corrected chi connectivity index (χ0v) is 17.5. The van der Waals surface area contributed by atoms with Crippen molar-refractivity contribution in [3.63, 3.8) is 0 Å². The average Bonchev–Trinajstić information content (AvgIpc) is 2.64. The van der Waals surface area contributed by atoms with E-state index in [2.05, 4.69) is 5.32 Å². The molecule has 1 atom stereocenters. The number of rotatable bonds is 6. The molecule has 0 radical (unpaired) electrons. The molecule has 2 rings (SSSR count). The van der Waals surface area contributed by atoms with E-state index in [1.807, 2.05) is 0 Å². The Balaban J connectivity index is 1.98. The summed E-state index contributed by atoms with van der Waals surface area (Å²) >= 11 is 13.5. The third-order valence-corrected chi connectivity index (χ3v) is 5.47. The predicted molar refractivity (Wildman–Crippen MR) is 112 cm³/mol. The van der Waals surface area contributed by atoms with Crippen molar-refractivity contribution in [1.82, 2.24) is 0 Å². The summed E-state index contributed by atoms with van der Waals surface area (Å²) in [4.78, 5) is 26.3. The number of carbonyl (C=O) groups is 2. The minimum atomic E-state index is -0.433. The first-order valence-electron chi connectivity index (χ1n) is 8.25. The number of nitrogens with zero attached hydrogens (tertiary/aromatic N) is 1. The summed E-state index contributed by atoms with van der Waals surface area (Å²) in [6, 6.07) is 12.1. The third-order valence-electron chi connectivity index (χ3n) is 3.63. The van der Waals surface area contributed by atoms with E-state index < -0.39 is 6.09 Å². The number of amides is 2. The predicted octanol–water partition coefficient (Wildman–Crippen LogP) is 5.71. The van der Waals surface area contributed by atoms with E-state index in [4.69, 9.17) is 27.9 Å². The number of thioether (sulfide) groups is 1. The first-order chi connectivity index (χ1) is 12.8. The van der Waals surface area contributed by atoms with Gasteiger partial charge in [-0.05, 0) is 56.3 Å². The van der Waals surface area contributed by atoms with E-state index in [0.29, 0.717) is 28.0 Å². The summed E-state index contributed by atoms with van der Waals surface area (Å²) in [6.07, 6.45) is -0.433. The summed E-state index contributed by atoms with van der Waals surface area (Å²) in [6.45, 7) is 3.85. The molecule has 0 aliphatic carbocycles. The second kappa shape index (κ2) is 9.88. The van der Waals surface area contributed by atoms with Crippen LogP contribution in [0.5, 0.6) is 0 Å². The van der Waals surface area contributed by atoms with Crippen LogP contribution in [-0.2, 0) is 9.53 Å². The lowest BCUT2D eigenvalue weighted by atomic mass is 10.2. The van der Waals surface area contributed by atoms with Crippen molar-refractivity contribution in [2.75, 3.05) is 23.9 Å². The van der Waals surface area contributed by atoms with Gasteiger partial charge in [0.05, 0.1) is 16.9 Å². The Morgan fingerprint density at radius 1 is 1.19 bits per heavy atom. The van der Waals surface area contributed by atoms with Gasteiger partial charge >= 0.3 is 6.09 Å². The Labute approximate surface area is 173 Å². The minimum Gasteiger partial charge on any atom is -0.449 e. The lowest BCUT2D eigenvalue weighted by molar-refractivity contribution is -0.115. The van der Waals surface area contributed by atoms with Crippen LogP contribution in [0.3, 0.4) is 0 Å². The molecule has 0 bridgehead atoms. The van der Waals surface area contributed by atoms with Crippen molar-refractivity contribution in [3.05, 3.63) is 52.5 Å². The molecule has 0 aromatic heterocycles. The van der Waals surface area contributed by atoms with Crippen LogP contribution in [0.15, 0.2) is 47.4 Å². The molecule has 2 aromatic rings. The Bertz CT molecular complexity index is 815. The number of nitrogens with one attached hydrogen (secondary N) is 1. The normalized spacial score (nSPS) is 11.6. The Kier molecular flexibility index (Phi) is 7.83. The molecule has 144 valence electrons. The zero-order chi connectivity index (χ0) is 20.0. The lowest BCUT2D eigenvalue weighted by Crippen LogP contribution is -2.27. The lowest BCUT2D eigenvalue weighted by Gasteiger charge is -2.17. The summed E-state index contributed by atoms with van der Waals surface area (Å²) in [5.74, 6) is -0.164. The average molecular weight is 427 g/mol. The second-order valence-corrected chi connectivity index (χ2v) is 7.86. The van der Waals surface area contributed by atoms with Crippen molar-refractivity contribution in [2.45, 2.75) is 24.0 Å². The quantitative estimate of drug-likeness (QED) is 0.601. The van der Waals surface area contributed by atoms with E-state index in [-0.39, 0.29) is 11.2 Å². The van der Waals surface area contributed by atoms with Crippen LogP contribution in [0.25, 0.3) is 0 Å². The van der Waals surface area contributed by atoms with Gasteiger partial charge < -0.3 is 10.1 Å². The van der Waals surface area contributed by atoms with Gasteiger partial charge in [0.1, 0.15) is 0 Å². The van der Waals surface area contributed by atoms with Crippen molar-refractivity contribution < 1.29 is 14.3 Å². The molecule has 1 unspecified atom stereocenters. The maximum atomic E-state index is 12.4. The van der Waals surface area contributed by atoms with Gasteiger partial charge in [0.2, 0.25) is 5.91 Å². The highest BCUT2D eigenvalue weighted by atomic mass is 35.5. The number of hydrogen-bond donors (Lipinski definition) is 1. The van der Waals surface area contributed by atoms with Crippen LogP contribution in [0.1, 0.15) is 13.8 Å². The summed E-state index contributed by atoms with van der Waals surface area (Å²) in [5, 5.41) is 3.59. The smallest absolute Gasteiger partial charge is 0.413 e. The zero-order valence-electron chi connectivity index (χ0n) is 15.2. The fraction of sp³-hybridized carbons (Fsp3) is 0.263. The van der Waals surface area contributed by atoms with Crippen molar-refractivity contribution >= 4 is 58.3 Å². The largest absolute Gasteiger partial charge is 0.449 e.